The number of rotatable bonds is 5. The highest BCUT2D eigenvalue weighted by atomic mass is 35.5. The van der Waals surface area contributed by atoms with Gasteiger partial charge in [-0.2, -0.15) is 0 Å². The van der Waals surface area contributed by atoms with E-state index in [-0.39, 0.29) is 35.9 Å². The Hall–Kier alpha value is -2.31. The number of esters is 1. The second kappa shape index (κ2) is 7.97. The quantitative estimate of drug-likeness (QED) is 0.596. The Labute approximate surface area is 169 Å². The Bertz CT molecular complexity index is 871. The fourth-order valence-corrected chi connectivity index (χ4v) is 3.94. The molecule has 150 valence electrons. The van der Waals surface area contributed by atoms with Crippen molar-refractivity contribution < 1.29 is 23.8 Å². The maximum Gasteiger partial charge on any atom is 0.340 e. The molecule has 0 spiro atoms. The van der Waals surface area contributed by atoms with Crippen LogP contribution in [0.15, 0.2) is 47.1 Å². The van der Waals surface area contributed by atoms with Gasteiger partial charge in [-0.1, -0.05) is 43.6 Å². The summed E-state index contributed by atoms with van der Waals surface area (Å²) in [5.74, 6) is -1.01. The molecule has 1 aliphatic carbocycles. The molecule has 28 heavy (non-hydrogen) atoms. The first-order valence-corrected chi connectivity index (χ1v) is 9.47. The summed E-state index contributed by atoms with van der Waals surface area (Å²) in [5, 5.41) is 0.439. The molecule has 7 heteroatoms. The van der Waals surface area contributed by atoms with E-state index in [9.17, 15) is 9.59 Å². The smallest absolute Gasteiger partial charge is 0.340 e. The highest BCUT2D eigenvalue weighted by Crippen LogP contribution is 2.49. The number of hydrogen-bond acceptors (Lipinski definition) is 6. The van der Waals surface area contributed by atoms with Gasteiger partial charge in [-0.3, -0.25) is 4.79 Å². The minimum atomic E-state index is -0.726. The molecular formula is C21H24ClNO5. The van der Waals surface area contributed by atoms with Gasteiger partial charge in [0.2, 0.25) is 5.88 Å². The average molecular weight is 406 g/mol. The monoisotopic (exact) mass is 405 g/mol. The van der Waals surface area contributed by atoms with Crippen molar-refractivity contribution in [3.05, 3.63) is 57.6 Å². The van der Waals surface area contributed by atoms with E-state index in [4.69, 9.17) is 31.5 Å². The number of halogens is 1. The third-order valence-corrected chi connectivity index (χ3v) is 5.26. The van der Waals surface area contributed by atoms with Crippen LogP contribution in [0.3, 0.4) is 0 Å². The van der Waals surface area contributed by atoms with Gasteiger partial charge in [0, 0.05) is 30.5 Å². The fraction of sp³-hybridized carbons (Fsp3) is 0.429. The van der Waals surface area contributed by atoms with Crippen molar-refractivity contribution >= 4 is 23.4 Å². The molecule has 0 fully saturated rings. The predicted octanol–water partition coefficient (Wildman–Crippen LogP) is 3.46. The SMILES string of the molecule is COCCOC(=O)C1=C(N)OC2=C(C(=O)CC(C)(C)C2)C1c1ccccc1Cl. The third kappa shape index (κ3) is 3.93. The minimum absolute atomic E-state index is 0.0587. The number of methoxy groups -OCH3 is 1. The molecule has 1 atom stereocenters. The lowest BCUT2D eigenvalue weighted by molar-refractivity contribution is -0.140. The molecule has 0 bridgehead atoms. The zero-order valence-electron chi connectivity index (χ0n) is 16.2. The highest BCUT2D eigenvalue weighted by Gasteiger charge is 2.45. The van der Waals surface area contributed by atoms with Crippen LogP contribution in [0.1, 0.15) is 38.2 Å². The van der Waals surface area contributed by atoms with E-state index < -0.39 is 11.9 Å². The molecule has 1 aromatic carbocycles. The fourth-order valence-electron chi connectivity index (χ4n) is 3.70. The van der Waals surface area contributed by atoms with Crippen LogP contribution in [-0.4, -0.2) is 32.1 Å². The zero-order chi connectivity index (χ0) is 20.5. The van der Waals surface area contributed by atoms with Gasteiger partial charge in [0.25, 0.3) is 0 Å². The van der Waals surface area contributed by atoms with Crippen LogP contribution in [0.4, 0.5) is 0 Å². The lowest BCUT2D eigenvalue weighted by atomic mass is 9.70. The first kappa shape index (κ1) is 20.4. The number of allylic oxidation sites excluding steroid dienone is 2. The van der Waals surface area contributed by atoms with Gasteiger partial charge in [0.05, 0.1) is 12.5 Å². The van der Waals surface area contributed by atoms with Crippen LogP contribution < -0.4 is 5.73 Å². The maximum absolute atomic E-state index is 13.1. The van der Waals surface area contributed by atoms with Gasteiger partial charge < -0.3 is 19.9 Å². The van der Waals surface area contributed by atoms with E-state index >= 15 is 0 Å². The van der Waals surface area contributed by atoms with E-state index in [2.05, 4.69) is 0 Å². The van der Waals surface area contributed by atoms with E-state index in [1.54, 1.807) is 24.3 Å². The van der Waals surface area contributed by atoms with Crippen LogP contribution >= 0.6 is 11.6 Å². The number of nitrogens with two attached hydrogens (primary N) is 1. The predicted molar refractivity (Wildman–Crippen MR) is 104 cm³/mol. The molecule has 2 aliphatic rings. The molecule has 1 aromatic rings. The van der Waals surface area contributed by atoms with Crippen LogP contribution in [0.2, 0.25) is 5.02 Å². The van der Waals surface area contributed by atoms with E-state index in [1.807, 2.05) is 13.8 Å². The molecule has 1 unspecified atom stereocenters. The van der Waals surface area contributed by atoms with Crippen molar-refractivity contribution in [1.82, 2.24) is 0 Å². The Morgan fingerprint density at radius 2 is 2.00 bits per heavy atom. The third-order valence-electron chi connectivity index (χ3n) is 4.91. The molecule has 1 heterocycles. The molecule has 0 amide bonds. The van der Waals surface area contributed by atoms with Crippen molar-refractivity contribution in [3.8, 4) is 0 Å². The van der Waals surface area contributed by atoms with Gasteiger partial charge in [-0.25, -0.2) is 4.79 Å². The molecule has 6 nitrogen and oxygen atoms in total. The summed E-state index contributed by atoms with van der Waals surface area (Å²) in [6, 6.07) is 7.09. The molecule has 1 aliphatic heterocycles. The summed E-state index contributed by atoms with van der Waals surface area (Å²) < 4.78 is 16.0. The van der Waals surface area contributed by atoms with E-state index in [0.717, 1.165) is 0 Å². The number of ether oxygens (including phenoxy) is 3. The molecule has 0 aromatic heterocycles. The summed E-state index contributed by atoms with van der Waals surface area (Å²) >= 11 is 6.43. The van der Waals surface area contributed by atoms with Crippen LogP contribution in [0, 0.1) is 5.41 Å². The van der Waals surface area contributed by atoms with E-state index in [1.165, 1.54) is 7.11 Å². The molecule has 0 saturated heterocycles. The van der Waals surface area contributed by atoms with Gasteiger partial charge >= 0.3 is 5.97 Å². The molecular weight excluding hydrogens is 382 g/mol. The van der Waals surface area contributed by atoms with Crippen molar-refractivity contribution in [1.29, 1.82) is 0 Å². The van der Waals surface area contributed by atoms with Crippen molar-refractivity contribution in [2.24, 2.45) is 11.1 Å². The zero-order valence-corrected chi connectivity index (χ0v) is 17.0. The summed E-state index contributed by atoms with van der Waals surface area (Å²) in [7, 11) is 1.51. The van der Waals surface area contributed by atoms with Gasteiger partial charge in [-0.05, 0) is 17.0 Å². The Kier molecular flexibility index (Phi) is 5.82. The molecule has 3 rings (SSSR count). The summed E-state index contributed by atoms with van der Waals surface area (Å²) in [6.07, 6.45) is 0.893. The Balaban J connectivity index is 2.11. The summed E-state index contributed by atoms with van der Waals surface area (Å²) in [5.41, 5.74) is 7.03. The number of Topliss-reactive ketones (excluding diaryl/α,β-unsaturated/α-hetero) is 1. The second-order valence-electron chi connectivity index (χ2n) is 7.74. The number of carbonyl (C=O) groups excluding carboxylic acids is 2. The van der Waals surface area contributed by atoms with Gasteiger partial charge in [-0.15, -0.1) is 0 Å². The van der Waals surface area contributed by atoms with Crippen LogP contribution in [-0.2, 0) is 23.8 Å². The van der Waals surface area contributed by atoms with E-state index in [0.29, 0.717) is 34.8 Å². The standard InChI is InChI=1S/C21H24ClNO5/c1-21(2)10-14(24)17-15(11-21)28-19(23)18(20(25)27-9-8-26-3)16(17)12-6-4-5-7-13(12)22/h4-7,16H,8-11,23H2,1-3H3. The average Bonchev–Trinajstić information content (AvgIpc) is 2.60. The number of hydrogen-bond donors (Lipinski definition) is 1. The first-order chi connectivity index (χ1) is 13.2. The normalized spacial score (nSPS) is 21.3. The molecule has 0 saturated carbocycles. The van der Waals surface area contributed by atoms with Crippen molar-refractivity contribution in [2.75, 3.05) is 20.3 Å². The second-order valence-corrected chi connectivity index (χ2v) is 8.15. The first-order valence-electron chi connectivity index (χ1n) is 9.09. The van der Waals surface area contributed by atoms with Crippen molar-refractivity contribution in [2.45, 2.75) is 32.6 Å². The lowest BCUT2D eigenvalue weighted by Gasteiger charge is -2.38. The maximum atomic E-state index is 13.1. The minimum Gasteiger partial charge on any atom is -0.460 e. The number of carbonyl (C=O) groups is 2. The number of ketones is 1. The molecule has 0 radical (unpaired) electrons. The molecule has 2 N–H and O–H groups in total. The lowest BCUT2D eigenvalue weighted by Crippen LogP contribution is -2.36. The summed E-state index contributed by atoms with van der Waals surface area (Å²) in [6.45, 7) is 4.31. The highest BCUT2D eigenvalue weighted by molar-refractivity contribution is 6.31. The topological polar surface area (TPSA) is 87.8 Å². The number of benzene rings is 1. The Morgan fingerprint density at radius 1 is 1.29 bits per heavy atom. The Morgan fingerprint density at radius 3 is 2.68 bits per heavy atom. The van der Waals surface area contributed by atoms with Gasteiger partial charge in [0.1, 0.15) is 17.9 Å². The van der Waals surface area contributed by atoms with Crippen LogP contribution in [0.5, 0.6) is 0 Å². The van der Waals surface area contributed by atoms with Gasteiger partial charge in [0.15, 0.2) is 5.78 Å². The summed E-state index contributed by atoms with van der Waals surface area (Å²) in [4.78, 5) is 25.9. The van der Waals surface area contributed by atoms with Crippen molar-refractivity contribution in [3.63, 3.8) is 0 Å². The van der Waals surface area contributed by atoms with Crippen LogP contribution in [0.25, 0.3) is 0 Å². The largest absolute Gasteiger partial charge is 0.460 e.